The van der Waals surface area contributed by atoms with E-state index in [4.69, 9.17) is 19.9 Å². The Labute approximate surface area is 138 Å². The van der Waals surface area contributed by atoms with Crippen LogP contribution in [0.3, 0.4) is 0 Å². The minimum Gasteiger partial charge on any atom is -0.382 e. The van der Waals surface area contributed by atoms with Gasteiger partial charge in [-0.1, -0.05) is 6.92 Å². The topological polar surface area (TPSA) is 82.8 Å². The van der Waals surface area contributed by atoms with Gasteiger partial charge in [0.1, 0.15) is 0 Å². The molecular formula is C15H32N2O4S. The number of rotatable bonds is 16. The number of carbonyl (C=O) groups is 1. The van der Waals surface area contributed by atoms with Gasteiger partial charge in [0.25, 0.3) is 0 Å². The summed E-state index contributed by atoms with van der Waals surface area (Å²) in [6.07, 6.45) is 1.77. The lowest BCUT2D eigenvalue weighted by molar-refractivity contribution is -0.127. The zero-order valence-electron chi connectivity index (χ0n) is 14.0. The Bertz CT molecular complexity index is 258. The summed E-state index contributed by atoms with van der Waals surface area (Å²) in [5.41, 5.74) is 5.42. The summed E-state index contributed by atoms with van der Waals surface area (Å²) in [5, 5.41) is 2.88. The molecule has 132 valence electrons. The van der Waals surface area contributed by atoms with Crippen LogP contribution in [0.25, 0.3) is 0 Å². The Morgan fingerprint density at radius 2 is 2.00 bits per heavy atom. The van der Waals surface area contributed by atoms with Crippen molar-refractivity contribution in [1.29, 1.82) is 0 Å². The summed E-state index contributed by atoms with van der Waals surface area (Å²) in [6.45, 7) is 6.05. The van der Waals surface area contributed by atoms with E-state index in [0.717, 1.165) is 30.9 Å². The smallest absolute Gasteiger partial charge is 0.225 e. The number of hydrogen-bond donors (Lipinski definition) is 2. The van der Waals surface area contributed by atoms with E-state index in [9.17, 15) is 4.79 Å². The van der Waals surface area contributed by atoms with Gasteiger partial charge in [-0.15, -0.1) is 0 Å². The Morgan fingerprint density at radius 1 is 1.18 bits per heavy atom. The number of nitrogens with one attached hydrogen (secondary N) is 1. The van der Waals surface area contributed by atoms with Crippen LogP contribution >= 0.6 is 11.8 Å². The third kappa shape index (κ3) is 13.3. The van der Waals surface area contributed by atoms with Crippen LogP contribution in [0, 0.1) is 5.92 Å². The van der Waals surface area contributed by atoms with E-state index in [0.29, 0.717) is 39.6 Å². The fourth-order valence-corrected chi connectivity index (χ4v) is 2.38. The van der Waals surface area contributed by atoms with Crippen LogP contribution in [-0.2, 0) is 19.0 Å². The first-order chi connectivity index (χ1) is 10.8. The zero-order valence-corrected chi connectivity index (χ0v) is 14.8. The van der Waals surface area contributed by atoms with Crippen LogP contribution < -0.4 is 11.1 Å². The predicted molar refractivity (Wildman–Crippen MR) is 91.3 cm³/mol. The summed E-state index contributed by atoms with van der Waals surface area (Å²) in [4.78, 5) is 12.0. The molecule has 0 heterocycles. The van der Waals surface area contributed by atoms with E-state index in [2.05, 4.69) is 5.32 Å². The second-order valence-electron chi connectivity index (χ2n) is 4.83. The van der Waals surface area contributed by atoms with E-state index in [1.807, 2.05) is 18.7 Å². The molecule has 0 aromatic carbocycles. The first kappa shape index (κ1) is 21.7. The van der Waals surface area contributed by atoms with Gasteiger partial charge in [-0.2, -0.15) is 11.8 Å². The molecule has 0 aromatic rings. The van der Waals surface area contributed by atoms with E-state index >= 15 is 0 Å². The predicted octanol–water partition coefficient (Wildman–Crippen LogP) is 0.890. The van der Waals surface area contributed by atoms with Crippen molar-refractivity contribution in [2.24, 2.45) is 11.7 Å². The van der Waals surface area contributed by atoms with Gasteiger partial charge in [-0.05, 0) is 18.6 Å². The molecule has 22 heavy (non-hydrogen) atoms. The SMILES string of the molecule is CC[C@@H](COCCCSCCN)C(=O)NCCOCCOC. The van der Waals surface area contributed by atoms with Crippen molar-refractivity contribution in [1.82, 2.24) is 5.32 Å². The highest BCUT2D eigenvalue weighted by atomic mass is 32.2. The molecule has 0 aliphatic rings. The third-order valence-corrected chi connectivity index (χ3v) is 4.10. The van der Waals surface area contributed by atoms with Gasteiger partial charge >= 0.3 is 0 Å². The molecular weight excluding hydrogens is 304 g/mol. The maximum absolute atomic E-state index is 12.0. The molecule has 0 aromatic heterocycles. The first-order valence-electron chi connectivity index (χ1n) is 7.96. The van der Waals surface area contributed by atoms with Gasteiger partial charge in [0.15, 0.2) is 0 Å². The summed E-state index contributed by atoms with van der Waals surface area (Å²) in [7, 11) is 1.63. The Balaban J connectivity index is 3.55. The first-order valence-corrected chi connectivity index (χ1v) is 9.11. The van der Waals surface area contributed by atoms with Crippen LogP contribution in [0.5, 0.6) is 0 Å². The lowest BCUT2D eigenvalue weighted by Crippen LogP contribution is -2.35. The molecule has 6 nitrogen and oxygen atoms in total. The number of ether oxygens (including phenoxy) is 3. The van der Waals surface area contributed by atoms with Gasteiger partial charge in [0, 0.05) is 32.6 Å². The fraction of sp³-hybridized carbons (Fsp3) is 0.933. The van der Waals surface area contributed by atoms with Gasteiger partial charge in [0.2, 0.25) is 5.91 Å². The number of thioether (sulfide) groups is 1. The van der Waals surface area contributed by atoms with Gasteiger partial charge in [0.05, 0.1) is 32.3 Å². The molecule has 3 N–H and O–H groups in total. The van der Waals surface area contributed by atoms with E-state index in [1.54, 1.807) is 7.11 Å². The third-order valence-electron chi connectivity index (χ3n) is 3.00. The largest absolute Gasteiger partial charge is 0.382 e. The van der Waals surface area contributed by atoms with Crippen LogP contribution in [-0.4, -0.2) is 70.6 Å². The van der Waals surface area contributed by atoms with Crippen molar-refractivity contribution >= 4 is 17.7 Å². The van der Waals surface area contributed by atoms with Crippen molar-refractivity contribution in [2.45, 2.75) is 19.8 Å². The van der Waals surface area contributed by atoms with Gasteiger partial charge in [-0.25, -0.2) is 0 Å². The molecule has 1 amide bonds. The number of carbonyl (C=O) groups excluding carboxylic acids is 1. The standard InChI is InChI=1S/C15H32N2O4S/c1-3-14(13-21-7-4-11-22-12-5-16)15(18)17-6-8-20-10-9-19-2/h14H,3-13,16H2,1-2H3,(H,17,18)/t14-/m0/s1. The molecule has 0 saturated carbocycles. The van der Waals surface area contributed by atoms with Gasteiger partial charge < -0.3 is 25.3 Å². The molecule has 0 bridgehead atoms. The quantitative estimate of drug-likeness (QED) is 0.407. The van der Waals surface area contributed by atoms with Crippen LogP contribution in [0.2, 0.25) is 0 Å². The number of amides is 1. The zero-order chi connectivity index (χ0) is 16.5. The Hall–Kier alpha value is -0.340. The van der Waals surface area contributed by atoms with E-state index in [-0.39, 0.29) is 11.8 Å². The molecule has 0 aliphatic heterocycles. The average Bonchev–Trinajstić information content (AvgIpc) is 2.53. The lowest BCUT2D eigenvalue weighted by Gasteiger charge is -2.15. The average molecular weight is 336 g/mol. The summed E-state index contributed by atoms with van der Waals surface area (Å²) >= 11 is 1.84. The molecule has 0 radical (unpaired) electrons. The van der Waals surface area contributed by atoms with E-state index < -0.39 is 0 Å². The minimum absolute atomic E-state index is 0.0374. The number of nitrogens with two attached hydrogens (primary N) is 1. The Kier molecular flexibility index (Phi) is 16.8. The lowest BCUT2D eigenvalue weighted by atomic mass is 10.1. The minimum atomic E-state index is -0.0873. The second kappa shape index (κ2) is 17.0. The molecule has 0 spiro atoms. The van der Waals surface area contributed by atoms with Crippen LogP contribution in [0.1, 0.15) is 19.8 Å². The van der Waals surface area contributed by atoms with Crippen molar-refractivity contribution in [3.05, 3.63) is 0 Å². The molecule has 0 rings (SSSR count). The number of hydrogen-bond acceptors (Lipinski definition) is 6. The Morgan fingerprint density at radius 3 is 2.68 bits per heavy atom. The fourth-order valence-electron chi connectivity index (χ4n) is 1.69. The highest BCUT2D eigenvalue weighted by Gasteiger charge is 2.15. The normalized spacial score (nSPS) is 12.3. The molecule has 0 unspecified atom stereocenters. The monoisotopic (exact) mass is 336 g/mol. The maximum Gasteiger partial charge on any atom is 0.225 e. The summed E-state index contributed by atoms with van der Waals surface area (Å²) < 4.78 is 15.8. The van der Waals surface area contributed by atoms with Crippen molar-refractivity contribution in [3.8, 4) is 0 Å². The van der Waals surface area contributed by atoms with E-state index in [1.165, 1.54) is 0 Å². The number of methoxy groups -OCH3 is 1. The highest BCUT2D eigenvalue weighted by Crippen LogP contribution is 2.05. The molecule has 0 aliphatic carbocycles. The van der Waals surface area contributed by atoms with Crippen LogP contribution in [0.15, 0.2) is 0 Å². The van der Waals surface area contributed by atoms with Crippen molar-refractivity contribution in [3.63, 3.8) is 0 Å². The highest BCUT2D eigenvalue weighted by molar-refractivity contribution is 7.99. The molecule has 0 fully saturated rings. The molecule has 0 saturated heterocycles. The van der Waals surface area contributed by atoms with Crippen LogP contribution in [0.4, 0.5) is 0 Å². The summed E-state index contributed by atoms with van der Waals surface area (Å²) in [6, 6.07) is 0. The molecule has 1 atom stereocenters. The maximum atomic E-state index is 12.0. The van der Waals surface area contributed by atoms with Crippen molar-refractivity contribution < 1.29 is 19.0 Å². The molecule has 7 heteroatoms. The second-order valence-corrected chi connectivity index (χ2v) is 6.06. The summed E-state index contributed by atoms with van der Waals surface area (Å²) in [5.74, 6) is 2.00. The van der Waals surface area contributed by atoms with Crippen molar-refractivity contribution in [2.75, 3.05) is 64.7 Å². The van der Waals surface area contributed by atoms with Gasteiger partial charge in [-0.3, -0.25) is 4.79 Å².